The van der Waals surface area contributed by atoms with Crippen molar-refractivity contribution in [3.63, 3.8) is 0 Å². The second kappa shape index (κ2) is 5.23. The number of piperidine rings is 1. The summed E-state index contributed by atoms with van der Waals surface area (Å²) in [7, 11) is 0. The minimum Gasteiger partial charge on any atom is -0.346 e. The molecule has 3 aromatic rings. The van der Waals surface area contributed by atoms with Crippen molar-refractivity contribution in [1.82, 2.24) is 15.3 Å². The van der Waals surface area contributed by atoms with E-state index >= 15 is 0 Å². The van der Waals surface area contributed by atoms with E-state index in [0.717, 1.165) is 53.6 Å². The van der Waals surface area contributed by atoms with E-state index in [1.165, 1.54) is 12.3 Å². The van der Waals surface area contributed by atoms with Crippen LogP contribution in [0.4, 0.5) is 4.39 Å². The molecule has 0 saturated carbocycles. The molecule has 3 heterocycles. The number of Topliss-reactive ketones (excluding diaryl/α,β-unsaturated/α-hetero) is 1. The van der Waals surface area contributed by atoms with Gasteiger partial charge in [-0.15, -0.1) is 0 Å². The maximum absolute atomic E-state index is 13.6. The van der Waals surface area contributed by atoms with Gasteiger partial charge in [0.2, 0.25) is 0 Å². The van der Waals surface area contributed by atoms with Crippen molar-refractivity contribution in [3.05, 3.63) is 53.6 Å². The molecule has 126 valence electrons. The number of rotatable bonds is 1. The van der Waals surface area contributed by atoms with Gasteiger partial charge in [-0.05, 0) is 49.2 Å². The van der Waals surface area contributed by atoms with Gasteiger partial charge in [0.05, 0.1) is 6.20 Å². The van der Waals surface area contributed by atoms with Crippen molar-refractivity contribution in [1.29, 1.82) is 0 Å². The van der Waals surface area contributed by atoms with Gasteiger partial charge >= 0.3 is 0 Å². The number of carbonyl (C=O) groups excluding carboxylic acids is 1. The van der Waals surface area contributed by atoms with Crippen molar-refractivity contribution in [2.45, 2.75) is 24.7 Å². The summed E-state index contributed by atoms with van der Waals surface area (Å²) < 4.78 is 13.6. The van der Waals surface area contributed by atoms with Crippen LogP contribution in [0.1, 0.15) is 35.2 Å². The summed E-state index contributed by atoms with van der Waals surface area (Å²) in [5, 5.41) is 4.16. The van der Waals surface area contributed by atoms with Crippen molar-refractivity contribution >= 4 is 16.8 Å². The second-order valence-corrected chi connectivity index (χ2v) is 7.14. The third-order valence-electron chi connectivity index (χ3n) is 5.76. The molecule has 1 saturated heterocycles. The number of hydrogen-bond donors (Lipinski definition) is 2. The summed E-state index contributed by atoms with van der Waals surface area (Å²) in [6.07, 6.45) is 5.66. The number of pyridine rings is 1. The van der Waals surface area contributed by atoms with Crippen LogP contribution in [0.3, 0.4) is 0 Å². The van der Waals surface area contributed by atoms with Crippen LogP contribution in [0, 0.1) is 5.82 Å². The summed E-state index contributed by atoms with van der Waals surface area (Å²) in [5.74, 6) is -0.102. The zero-order chi connectivity index (χ0) is 17.0. The van der Waals surface area contributed by atoms with Gasteiger partial charge < -0.3 is 10.3 Å². The molecule has 2 aromatic heterocycles. The minimum absolute atomic E-state index is 0.0384. The van der Waals surface area contributed by atoms with Crippen LogP contribution in [0.25, 0.3) is 22.2 Å². The van der Waals surface area contributed by atoms with Gasteiger partial charge in [-0.2, -0.15) is 0 Å². The maximum atomic E-state index is 13.6. The molecule has 5 rings (SSSR count). The van der Waals surface area contributed by atoms with Crippen molar-refractivity contribution in [3.8, 4) is 11.1 Å². The highest BCUT2D eigenvalue weighted by molar-refractivity contribution is 6.03. The van der Waals surface area contributed by atoms with Gasteiger partial charge in [-0.25, -0.2) is 9.37 Å². The largest absolute Gasteiger partial charge is 0.346 e. The Morgan fingerprint density at radius 1 is 1.12 bits per heavy atom. The molecule has 4 nitrogen and oxygen atoms in total. The highest BCUT2D eigenvalue weighted by atomic mass is 19.1. The number of H-pyrrole nitrogens is 1. The Bertz CT molecular complexity index is 1000. The Hall–Kier alpha value is -2.53. The van der Waals surface area contributed by atoms with Crippen LogP contribution in [0.5, 0.6) is 0 Å². The molecular weight excluding hydrogens is 317 g/mol. The topological polar surface area (TPSA) is 57.8 Å². The molecule has 0 radical (unpaired) electrons. The average molecular weight is 335 g/mol. The molecule has 0 amide bonds. The lowest BCUT2D eigenvalue weighted by atomic mass is 9.74. The maximum Gasteiger partial charge on any atom is 0.164 e. The van der Waals surface area contributed by atoms with E-state index in [9.17, 15) is 9.18 Å². The van der Waals surface area contributed by atoms with E-state index in [0.29, 0.717) is 12.1 Å². The number of nitrogens with zero attached hydrogens (tertiary/aromatic N) is 1. The number of aromatic amines is 1. The fraction of sp³-hybridized carbons (Fsp3) is 0.300. The van der Waals surface area contributed by atoms with E-state index in [1.807, 2.05) is 18.3 Å². The van der Waals surface area contributed by atoms with Crippen molar-refractivity contribution in [2.75, 3.05) is 13.1 Å². The summed E-state index contributed by atoms with van der Waals surface area (Å²) in [6.45, 7) is 1.89. The third kappa shape index (κ3) is 2.15. The fourth-order valence-electron chi connectivity index (χ4n) is 4.46. The van der Waals surface area contributed by atoms with Crippen LogP contribution < -0.4 is 5.32 Å². The molecule has 1 aliphatic carbocycles. The van der Waals surface area contributed by atoms with Gasteiger partial charge in [0.1, 0.15) is 11.5 Å². The van der Waals surface area contributed by atoms with Crippen molar-refractivity contribution < 1.29 is 9.18 Å². The van der Waals surface area contributed by atoms with Crippen LogP contribution in [-0.2, 0) is 5.41 Å². The Morgan fingerprint density at radius 2 is 1.96 bits per heavy atom. The number of fused-ring (bicyclic) bond motifs is 3. The van der Waals surface area contributed by atoms with Crippen LogP contribution >= 0.6 is 0 Å². The molecule has 0 atom stereocenters. The minimum atomic E-state index is -0.348. The average Bonchev–Trinajstić information content (AvgIpc) is 3.15. The number of ketones is 1. The fourth-order valence-corrected chi connectivity index (χ4v) is 4.46. The highest BCUT2D eigenvalue weighted by Crippen LogP contribution is 2.46. The number of nitrogens with one attached hydrogen (secondary N) is 2. The lowest BCUT2D eigenvalue weighted by Gasteiger charge is -2.34. The van der Waals surface area contributed by atoms with Gasteiger partial charge in [0.15, 0.2) is 5.78 Å². The first kappa shape index (κ1) is 14.8. The molecule has 1 aliphatic heterocycles. The normalized spacial score (nSPS) is 18.8. The number of aromatic nitrogens is 2. The van der Waals surface area contributed by atoms with E-state index in [2.05, 4.69) is 21.4 Å². The van der Waals surface area contributed by atoms with E-state index in [-0.39, 0.29) is 17.0 Å². The smallest absolute Gasteiger partial charge is 0.164 e. The Kier molecular flexibility index (Phi) is 3.09. The van der Waals surface area contributed by atoms with E-state index in [4.69, 9.17) is 0 Å². The van der Waals surface area contributed by atoms with Gasteiger partial charge in [0.25, 0.3) is 0 Å². The molecule has 1 aromatic carbocycles. The monoisotopic (exact) mass is 335 g/mol. The molecular formula is C20H18FN3O. The van der Waals surface area contributed by atoms with Crippen LogP contribution in [-0.4, -0.2) is 28.8 Å². The molecule has 1 fully saturated rings. The highest BCUT2D eigenvalue weighted by Gasteiger charge is 2.43. The summed E-state index contributed by atoms with van der Waals surface area (Å²) in [5.41, 5.74) is 4.58. The quantitative estimate of drug-likeness (QED) is 0.715. The lowest BCUT2D eigenvalue weighted by Crippen LogP contribution is -2.38. The van der Waals surface area contributed by atoms with Gasteiger partial charge in [0, 0.05) is 34.5 Å². The van der Waals surface area contributed by atoms with Gasteiger partial charge in [-0.1, -0.05) is 12.1 Å². The van der Waals surface area contributed by atoms with Crippen molar-refractivity contribution in [2.24, 2.45) is 0 Å². The number of carbonyl (C=O) groups is 1. The standard InChI is InChI=1S/C20H18FN3O/c21-13-8-15-16(11-24-19(15)23-10-13)12-1-2-14-17(7-12)20(9-18(14)25)3-5-22-6-4-20/h1-2,7-8,10-11,22H,3-6,9H2,(H,23,24). The predicted octanol–water partition coefficient (Wildman–Crippen LogP) is 3.58. The molecule has 1 spiro atoms. The third-order valence-corrected chi connectivity index (χ3v) is 5.76. The number of halogens is 1. The molecule has 25 heavy (non-hydrogen) atoms. The number of hydrogen-bond acceptors (Lipinski definition) is 3. The van der Waals surface area contributed by atoms with Gasteiger partial charge in [-0.3, -0.25) is 4.79 Å². The zero-order valence-electron chi connectivity index (χ0n) is 13.7. The Balaban J connectivity index is 1.68. The molecule has 5 heteroatoms. The first-order valence-corrected chi connectivity index (χ1v) is 8.68. The second-order valence-electron chi connectivity index (χ2n) is 7.14. The SMILES string of the molecule is O=C1CC2(CCNCC2)c2cc(-c3c[nH]c4ncc(F)cc34)ccc21. The predicted molar refractivity (Wildman–Crippen MR) is 94.2 cm³/mol. The Morgan fingerprint density at radius 3 is 2.80 bits per heavy atom. The summed E-state index contributed by atoms with van der Waals surface area (Å²) >= 11 is 0. The summed E-state index contributed by atoms with van der Waals surface area (Å²) in [6, 6.07) is 7.55. The van der Waals surface area contributed by atoms with E-state index in [1.54, 1.807) is 0 Å². The first-order valence-electron chi connectivity index (χ1n) is 8.68. The summed E-state index contributed by atoms with van der Waals surface area (Å²) in [4.78, 5) is 19.7. The zero-order valence-corrected chi connectivity index (χ0v) is 13.7. The van der Waals surface area contributed by atoms with E-state index < -0.39 is 0 Å². The van der Waals surface area contributed by atoms with Crippen LogP contribution in [0.2, 0.25) is 0 Å². The molecule has 2 N–H and O–H groups in total. The number of benzene rings is 1. The first-order chi connectivity index (χ1) is 12.2. The Labute approximate surface area is 144 Å². The molecule has 0 bridgehead atoms. The lowest BCUT2D eigenvalue weighted by molar-refractivity contribution is 0.0964. The molecule has 2 aliphatic rings. The molecule has 0 unspecified atom stereocenters. The van der Waals surface area contributed by atoms with Crippen LogP contribution in [0.15, 0.2) is 36.7 Å².